The lowest BCUT2D eigenvalue weighted by atomic mass is 10.3. The fourth-order valence-electron chi connectivity index (χ4n) is 1.28. The molecular weight excluding hydrogens is 337 g/mol. The molecule has 0 spiro atoms. The minimum absolute atomic E-state index is 0.0298. The molecule has 0 N–H and O–H groups in total. The molecule has 20 heavy (non-hydrogen) atoms. The first-order valence-corrected chi connectivity index (χ1v) is 6.17. The molecule has 0 heterocycles. The fourth-order valence-corrected chi connectivity index (χ4v) is 1.61. The average Bonchev–Trinajstić information content (AvgIpc) is 2.40. The first kappa shape index (κ1) is 16.1. The quantitative estimate of drug-likeness (QED) is 0.354. The summed E-state index contributed by atoms with van der Waals surface area (Å²) in [6, 6.07) is 1.92. The second-order valence-corrected chi connectivity index (χ2v) is 4.54. The van der Waals surface area contributed by atoms with Gasteiger partial charge in [-0.1, -0.05) is 0 Å². The Kier molecular flexibility index (Phi) is 5.63. The molecule has 8 heteroatoms. The number of carbonyl (C=O) groups is 1. The van der Waals surface area contributed by atoms with Gasteiger partial charge in [0, 0.05) is 17.7 Å². The SMILES string of the molecule is COC(=O)/C(C)=C/COc1cc(F)c(Br)cc1[N+](=O)[O-]. The van der Waals surface area contributed by atoms with Gasteiger partial charge in [-0.15, -0.1) is 0 Å². The number of nitro groups is 1. The van der Waals surface area contributed by atoms with E-state index in [2.05, 4.69) is 20.7 Å². The van der Waals surface area contributed by atoms with Crippen molar-refractivity contribution < 1.29 is 23.6 Å². The highest BCUT2D eigenvalue weighted by atomic mass is 79.9. The minimum atomic E-state index is -0.684. The van der Waals surface area contributed by atoms with Crippen LogP contribution in [0.3, 0.4) is 0 Å². The first-order valence-electron chi connectivity index (χ1n) is 5.38. The molecule has 0 radical (unpaired) electrons. The summed E-state index contributed by atoms with van der Waals surface area (Å²) in [5.41, 5.74) is -0.0878. The van der Waals surface area contributed by atoms with Crippen molar-refractivity contribution in [1.82, 2.24) is 0 Å². The first-order chi connectivity index (χ1) is 9.36. The van der Waals surface area contributed by atoms with Crippen LogP contribution in [0, 0.1) is 15.9 Å². The Labute approximate surface area is 122 Å². The van der Waals surface area contributed by atoms with Gasteiger partial charge in [0.05, 0.1) is 16.5 Å². The third-order valence-corrected chi connectivity index (χ3v) is 2.94. The summed E-state index contributed by atoms with van der Waals surface area (Å²) >= 11 is 2.86. The number of nitrogens with zero attached hydrogens (tertiary/aromatic N) is 1. The van der Waals surface area contributed by atoms with Crippen LogP contribution in [0.4, 0.5) is 10.1 Å². The van der Waals surface area contributed by atoms with Gasteiger partial charge >= 0.3 is 11.7 Å². The summed E-state index contributed by atoms with van der Waals surface area (Å²) < 4.78 is 22.9. The fraction of sp³-hybridized carbons (Fsp3) is 0.250. The van der Waals surface area contributed by atoms with E-state index in [0.717, 1.165) is 12.1 Å². The Balaban J connectivity index is 2.90. The zero-order valence-corrected chi connectivity index (χ0v) is 12.3. The molecule has 0 aliphatic heterocycles. The van der Waals surface area contributed by atoms with E-state index in [1.807, 2.05) is 0 Å². The van der Waals surface area contributed by atoms with Crippen LogP contribution in [0.1, 0.15) is 6.92 Å². The minimum Gasteiger partial charge on any atom is -0.482 e. The predicted molar refractivity (Wildman–Crippen MR) is 72.0 cm³/mol. The number of nitro benzene ring substituents is 1. The molecule has 0 amide bonds. The van der Waals surface area contributed by atoms with Gasteiger partial charge in [-0.25, -0.2) is 9.18 Å². The number of hydrogen-bond acceptors (Lipinski definition) is 5. The van der Waals surface area contributed by atoms with Crippen molar-refractivity contribution in [2.24, 2.45) is 0 Å². The number of hydrogen-bond donors (Lipinski definition) is 0. The maximum Gasteiger partial charge on any atom is 0.333 e. The second-order valence-electron chi connectivity index (χ2n) is 3.68. The maximum absolute atomic E-state index is 13.4. The summed E-state index contributed by atoms with van der Waals surface area (Å²) in [6.07, 6.45) is 1.38. The van der Waals surface area contributed by atoms with Gasteiger partial charge in [0.15, 0.2) is 5.75 Å². The van der Waals surface area contributed by atoms with Crippen molar-refractivity contribution in [1.29, 1.82) is 0 Å². The van der Waals surface area contributed by atoms with Gasteiger partial charge in [0.1, 0.15) is 12.4 Å². The van der Waals surface area contributed by atoms with E-state index in [1.54, 1.807) is 0 Å². The van der Waals surface area contributed by atoms with Gasteiger partial charge < -0.3 is 9.47 Å². The van der Waals surface area contributed by atoms with Crippen molar-refractivity contribution in [3.63, 3.8) is 0 Å². The lowest BCUT2D eigenvalue weighted by molar-refractivity contribution is -0.385. The highest BCUT2D eigenvalue weighted by Gasteiger charge is 2.18. The zero-order valence-electron chi connectivity index (χ0n) is 10.7. The van der Waals surface area contributed by atoms with E-state index in [9.17, 15) is 19.3 Å². The molecule has 0 saturated carbocycles. The molecule has 108 valence electrons. The number of ether oxygens (including phenoxy) is 2. The van der Waals surface area contributed by atoms with Crippen LogP contribution in [-0.2, 0) is 9.53 Å². The summed E-state index contributed by atoms with van der Waals surface area (Å²) in [7, 11) is 1.23. The Morgan fingerprint density at radius 1 is 1.55 bits per heavy atom. The number of halogens is 2. The van der Waals surface area contributed by atoms with Crippen LogP contribution in [0.2, 0.25) is 0 Å². The van der Waals surface area contributed by atoms with Gasteiger partial charge in [-0.3, -0.25) is 10.1 Å². The largest absolute Gasteiger partial charge is 0.482 e. The molecule has 0 unspecified atom stereocenters. The van der Waals surface area contributed by atoms with E-state index in [-0.39, 0.29) is 28.1 Å². The number of rotatable bonds is 5. The third kappa shape index (κ3) is 4.02. The summed E-state index contributed by atoms with van der Waals surface area (Å²) in [5, 5.41) is 10.8. The van der Waals surface area contributed by atoms with E-state index in [4.69, 9.17) is 4.74 Å². The molecule has 0 atom stereocenters. The normalized spacial score (nSPS) is 11.1. The zero-order chi connectivity index (χ0) is 15.3. The van der Waals surface area contributed by atoms with Crippen molar-refractivity contribution in [2.75, 3.05) is 13.7 Å². The molecule has 0 bridgehead atoms. The summed E-state index contributed by atoms with van der Waals surface area (Å²) in [4.78, 5) is 21.3. The lowest BCUT2D eigenvalue weighted by Crippen LogP contribution is -2.05. The molecule has 0 aliphatic carbocycles. The molecule has 0 aromatic heterocycles. The van der Waals surface area contributed by atoms with Crippen molar-refractivity contribution in [3.8, 4) is 5.75 Å². The van der Waals surface area contributed by atoms with Crippen molar-refractivity contribution in [3.05, 3.63) is 44.2 Å². The van der Waals surface area contributed by atoms with Crippen LogP contribution in [0.25, 0.3) is 0 Å². The van der Waals surface area contributed by atoms with Crippen LogP contribution in [-0.4, -0.2) is 24.6 Å². The maximum atomic E-state index is 13.4. The monoisotopic (exact) mass is 347 g/mol. The number of esters is 1. The molecule has 0 fully saturated rings. The summed E-state index contributed by atoms with van der Waals surface area (Å²) in [5.74, 6) is -1.44. The predicted octanol–water partition coefficient (Wildman–Crippen LogP) is 2.99. The standard InChI is InChI=1S/C12H11BrFNO5/c1-7(12(16)19-2)3-4-20-11-6-9(14)8(13)5-10(11)15(17)18/h3,5-6H,4H2,1-2H3/b7-3+. The van der Waals surface area contributed by atoms with E-state index < -0.39 is 16.7 Å². The van der Waals surface area contributed by atoms with Crippen LogP contribution >= 0.6 is 15.9 Å². The number of benzene rings is 1. The second kappa shape index (κ2) is 6.99. The van der Waals surface area contributed by atoms with Crippen LogP contribution in [0.15, 0.2) is 28.3 Å². The molecule has 1 aromatic rings. The van der Waals surface area contributed by atoms with Crippen molar-refractivity contribution >= 4 is 27.6 Å². The van der Waals surface area contributed by atoms with Crippen molar-refractivity contribution in [2.45, 2.75) is 6.92 Å². The smallest absolute Gasteiger partial charge is 0.333 e. The Morgan fingerprint density at radius 3 is 2.75 bits per heavy atom. The van der Waals surface area contributed by atoms with Gasteiger partial charge in [0.2, 0.25) is 0 Å². The van der Waals surface area contributed by atoms with Crippen LogP contribution in [0.5, 0.6) is 5.75 Å². The highest BCUT2D eigenvalue weighted by molar-refractivity contribution is 9.10. The molecule has 6 nitrogen and oxygen atoms in total. The third-order valence-electron chi connectivity index (χ3n) is 2.33. The number of methoxy groups -OCH3 is 1. The number of carbonyl (C=O) groups excluding carboxylic acids is 1. The topological polar surface area (TPSA) is 78.7 Å². The van der Waals surface area contributed by atoms with Gasteiger partial charge in [0.25, 0.3) is 0 Å². The average molecular weight is 348 g/mol. The molecule has 1 rings (SSSR count). The van der Waals surface area contributed by atoms with E-state index >= 15 is 0 Å². The van der Waals surface area contributed by atoms with Gasteiger partial charge in [-0.05, 0) is 28.9 Å². The Bertz CT molecular complexity index is 573. The van der Waals surface area contributed by atoms with Gasteiger partial charge in [-0.2, -0.15) is 0 Å². The highest BCUT2D eigenvalue weighted by Crippen LogP contribution is 2.32. The Morgan fingerprint density at radius 2 is 2.20 bits per heavy atom. The summed E-state index contributed by atoms with van der Waals surface area (Å²) in [6.45, 7) is 1.38. The van der Waals surface area contributed by atoms with E-state index in [1.165, 1.54) is 20.1 Å². The molecule has 1 aromatic carbocycles. The van der Waals surface area contributed by atoms with E-state index in [0.29, 0.717) is 0 Å². The van der Waals surface area contributed by atoms with Crippen LogP contribution < -0.4 is 4.74 Å². The Hall–Kier alpha value is -1.96. The molecule has 0 aliphatic rings. The molecule has 0 saturated heterocycles. The lowest BCUT2D eigenvalue weighted by Gasteiger charge is -2.06. The molecular formula is C12H11BrFNO5.